The fraction of sp³-hybridized carbons (Fsp3) is 0.417. The molecular formula is C12H17ClN2O. The predicted molar refractivity (Wildman–Crippen MR) is 67.0 cm³/mol. The molecule has 0 heterocycles. The number of nitrogens with one attached hydrogen (secondary N) is 2. The zero-order chi connectivity index (χ0) is 12.1. The second-order valence-electron chi connectivity index (χ2n) is 3.86. The maximum Gasteiger partial charge on any atom is 0.251 e. The van der Waals surface area contributed by atoms with Crippen LogP contribution in [0.15, 0.2) is 18.2 Å². The molecule has 0 aliphatic rings. The van der Waals surface area contributed by atoms with Gasteiger partial charge in [0.15, 0.2) is 0 Å². The number of hydrogen-bond acceptors (Lipinski definition) is 2. The van der Waals surface area contributed by atoms with Crippen LogP contribution in [0.5, 0.6) is 0 Å². The highest BCUT2D eigenvalue weighted by atomic mass is 35.5. The van der Waals surface area contributed by atoms with Crippen LogP contribution >= 0.6 is 11.6 Å². The van der Waals surface area contributed by atoms with E-state index < -0.39 is 0 Å². The van der Waals surface area contributed by atoms with Crippen molar-refractivity contribution in [2.24, 2.45) is 0 Å². The molecule has 4 heteroatoms. The van der Waals surface area contributed by atoms with Crippen molar-refractivity contribution in [1.82, 2.24) is 10.6 Å². The summed E-state index contributed by atoms with van der Waals surface area (Å²) in [6.45, 7) is 4.50. The van der Waals surface area contributed by atoms with Crippen LogP contribution in [0, 0.1) is 6.92 Å². The van der Waals surface area contributed by atoms with Gasteiger partial charge in [0.1, 0.15) is 0 Å². The van der Waals surface area contributed by atoms with Gasteiger partial charge in [0.25, 0.3) is 5.91 Å². The van der Waals surface area contributed by atoms with Gasteiger partial charge in [-0.1, -0.05) is 17.7 Å². The highest BCUT2D eigenvalue weighted by Gasteiger charge is 2.09. The maximum atomic E-state index is 11.8. The van der Waals surface area contributed by atoms with E-state index in [1.807, 2.05) is 27.0 Å². The van der Waals surface area contributed by atoms with Gasteiger partial charge in [-0.15, -0.1) is 0 Å². The number of halogens is 1. The lowest BCUT2D eigenvalue weighted by molar-refractivity contribution is 0.0950. The number of benzene rings is 1. The van der Waals surface area contributed by atoms with Crippen molar-refractivity contribution in [3.63, 3.8) is 0 Å². The molecule has 0 radical (unpaired) electrons. The molecule has 0 aromatic heterocycles. The molecule has 0 bridgehead atoms. The quantitative estimate of drug-likeness (QED) is 0.845. The Bertz CT molecular complexity index is 379. The molecule has 88 valence electrons. The summed E-state index contributed by atoms with van der Waals surface area (Å²) in [6.07, 6.45) is 0. The average Bonchev–Trinajstić information content (AvgIpc) is 2.28. The molecule has 1 atom stereocenters. The summed E-state index contributed by atoms with van der Waals surface area (Å²) in [4.78, 5) is 11.8. The number of likely N-dealkylation sites (N-methyl/N-ethyl adjacent to an activating group) is 1. The third-order valence-corrected chi connectivity index (χ3v) is 2.74. The number of rotatable bonds is 4. The Kier molecular flexibility index (Phi) is 4.77. The molecule has 16 heavy (non-hydrogen) atoms. The van der Waals surface area contributed by atoms with Gasteiger partial charge >= 0.3 is 0 Å². The van der Waals surface area contributed by atoms with Crippen molar-refractivity contribution in [2.75, 3.05) is 13.6 Å². The Morgan fingerprint density at radius 1 is 1.50 bits per heavy atom. The second-order valence-corrected chi connectivity index (χ2v) is 4.30. The predicted octanol–water partition coefficient (Wildman–Crippen LogP) is 1.99. The molecule has 0 saturated heterocycles. The third-order valence-electron chi connectivity index (χ3n) is 2.51. The smallest absolute Gasteiger partial charge is 0.251 e. The first-order valence-corrected chi connectivity index (χ1v) is 5.64. The van der Waals surface area contributed by atoms with Crippen molar-refractivity contribution in [3.8, 4) is 0 Å². The summed E-state index contributed by atoms with van der Waals surface area (Å²) in [5, 5.41) is 6.50. The normalized spacial score (nSPS) is 12.2. The lowest BCUT2D eigenvalue weighted by atomic mass is 10.1. The monoisotopic (exact) mass is 240 g/mol. The van der Waals surface area contributed by atoms with Crippen LogP contribution in [-0.2, 0) is 0 Å². The topological polar surface area (TPSA) is 41.1 Å². The van der Waals surface area contributed by atoms with Gasteiger partial charge in [-0.3, -0.25) is 4.79 Å². The second kappa shape index (κ2) is 5.87. The van der Waals surface area contributed by atoms with Crippen LogP contribution in [0.3, 0.4) is 0 Å². The summed E-state index contributed by atoms with van der Waals surface area (Å²) in [5.74, 6) is -0.0814. The number of hydrogen-bond donors (Lipinski definition) is 2. The molecule has 0 saturated carbocycles. The molecule has 1 rings (SSSR count). The van der Waals surface area contributed by atoms with Gasteiger partial charge in [0.05, 0.1) is 0 Å². The van der Waals surface area contributed by atoms with Crippen molar-refractivity contribution in [2.45, 2.75) is 19.9 Å². The van der Waals surface area contributed by atoms with Gasteiger partial charge in [0, 0.05) is 23.2 Å². The summed E-state index contributed by atoms with van der Waals surface area (Å²) in [5.41, 5.74) is 1.56. The minimum atomic E-state index is -0.0814. The molecular weight excluding hydrogens is 224 g/mol. The fourth-order valence-corrected chi connectivity index (χ4v) is 1.45. The van der Waals surface area contributed by atoms with Crippen molar-refractivity contribution in [3.05, 3.63) is 34.3 Å². The SMILES string of the molecule is CNC(C)CNC(=O)c1cc(Cl)ccc1C. The lowest BCUT2D eigenvalue weighted by Gasteiger charge is -2.12. The van der Waals surface area contributed by atoms with E-state index in [0.29, 0.717) is 17.1 Å². The molecule has 0 aliphatic carbocycles. The number of carbonyl (C=O) groups is 1. The Labute approximate surface area is 101 Å². The van der Waals surface area contributed by atoms with Gasteiger partial charge in [0.2, 0.25) is 0 Å². The molecule has 0 spiro atoms. The minimum Gasteiger partial charge on any atom is -0.350 e. The summed E-state index contributed by atoms with van der Waals surface area (Å²) in [6, 6.07) is 5.57. The van der Waals surface area contributed by atoms with E-state index >= 15 is 0 Å². The van der Waals surface area contributed by atoms with E-state index in [2.05, 4.69) is 10.6 Å². The van der Waals surface area contributed by atoms with Gasteiger partial charge in [-0.2, -0.15) is 0 Å². The summed E-state index contributed by atoms with van der Waals surface area (Å²) < 4.78 is 0. The summed E-state index contributed by atoms with van der Waals surface area (Å²) in [7, 11) is 1.86. The molecule has 0 aliphatic heterocycles. The lowest BCUT2D eigenvalue weighted by Crippen LogP contribution is -2.37. The first-order valence-electron chi connectivity index (χ1n) is 5.26. The summed E-state index contributed by atoms with van der Waals surface area (Å²) >= 11 is 5.86. The Morgan fingerprint density at radius 3 is 2.81 bits per heavy atom. The molecule has 1 aromatic rings. The first-order chi connectivity index (χ1) is 7.54. The van der Waals surface area contributed by atoms with E-state index in [0.717, 1.165) is 5.56 Å². The molecule has 1 aromatic carbocycles. The van der Waals surface area contributed by atoms with Gasteiger partial charge in [-0.05, 0) is 38.6 Å². The van der Waals surface area contributed by atoms with Crippen LogP contribution in [0.1, 0.15) is 22.8 Å². The number of carbonyl (C=O) groups excluding carboxylic acids is 1. The van der Waals surface area contributed by atoms with Crippen molar-refractivity contribution >= 4 is 17.5 Å². The van der Waals surface area contributed by atoms with Crippen molar-refractivity contribution < 1.29 is 4.79 Å². The number of aryl methyl sites for hydroxylation is 1. The highest BCUT2D eigenvalue weighted by Crippen LogP contribution is 2.15. The fourth-order valence-electron chi connectivity index (χ4n) is 1.28. The van der Waals surface area contributed by atoms with Gasteiger partial charge in [-0.25, -0.2) is 0 Å². The molecule has 1 amide bonds. The van der Waals surface area contributed by atoms with Crippen molar-refractivity contribution in [1.29, 1.82) is 0 Å². The molecule has 0 fully saturated rings. The van der Waals surface area contributed by atoms with Crippen LogP contribution < -0.4 is 10.6 Å². The largest absolute Gasteiger partial charge is 0.350 e. The third kappa shape index (κ3) is 3.51. The van der Waals surface area contributed by atoms with E-state index in [9.17, 15) is 4.79 Å². The Morgan fingerprint density at radius 2 is 2.19 bits per heavy atom. The van der Waals surface area contributed by atoms with E-state index in [1.165, 1.54) is 0 Å². The minimum absolute atomic E-state index is 0.0814. The first kappa shape index (κ1) is 13.0. The zero-order valence-corrected chi connectivity index (χ0v) is 10.6. The average molecular weight is 241 g/mol. The van der Waals surface area contributed by atoms with E-state index in [-0.39, 0.29) is 11.9 Å². The van der Waals surface area contributed by atoms with Crippen LogP contribution in [0.25, 0.3) is 0 Å². The van der Waals surface area contributed by atoms with Gasteiger partial charge < -0.3 is 10.6 Å². The highest BCUT2D eigenvalue weighted by molar-refractivity contribution is 6.31. The van der Waals surface area contributed by atoms with Crippen LogP contribution in [0.4, 0.5) is 0 Å². The van der Waals surface area contributed by atoms with Crippen LogP contribution in [0.2, 0.25) is 5.02 Å². The molecule has 3 nitrogen and oxygen atoms in total. The Balaban J connectivity index is 2.69. The zero-order valence-electron chi connectivity index (χ0n) is 9.80. The Hall–Kier alpha value is -1.06. The maximum absolute atomic E-state index is 11.8. The van der Waals surface area contributed by atoms with E-state index in [1.54, 1.807) is 12.1 Å². The number of amides is 1. The van der Waals surface area contributed by atoms with Crippen LogP contribution in [-0.4, -0.2) is 25.5 Å². The van der Waals surface area contributed by atoms with E-state index in [4.69, 9.17) is 11.6 Å². The molecule has 2 N–H and O–H groups in total. The standard InChI is InChI=1S/C12H17ClN2O/c1-8-4-5-10(13)6-11(8)12(16)15-7-9(2)14-3/h4-6,9,14H,7H2,1-3H3,(H,15,16). The molecule has 1 unspecified atom stereocenters.